The van der Waals surface area contributed by atoms with Crippen molar-refractivity contribution < 1.29 is 19.4 Å². The fourth-order valence-electron chi connectivity index (χ4n) is 0.957. The predicted molar refractivity (Wildman–Crippen MR) is 59.4 cm³/mol. The van der Waals surface area contributed by atoms with Gasteiger partial charge in [-0.2, -0.15) is 0 Å². The van der Waals surface area contributed by atoms with Crippen molar-refractivity contribution in [1.29, 1.82) is 0 Å². The summed E-state index contributed by atoms with van der Waals surface area (Å²) < 4.78 is 4.72. The number of hydrogen-bond donors (Lipinski definition) is 1. The van der Waals surface area contributed by atoms with Gasteiger partial charge < -0.3 is 9.84 Å². The number of carbonyl (C=O) groups is 2. The van der Waals surface area contributed by atoms with E-state index < -0.39 is 5.97 Å². The first-order valence-electron chi connectivity index (χ1n) is 4.64. The average molecular weight is 241 g/mol. The molecule has 5 nitrogen and oxygen atoms in total. The van der Waals surface area contributed by atoms with Crippen LogP contribution in [0.5, 0.6) is 0 Å². The second-order valence-corrected chi connectivity index (χ2v) is 3.65. The maximum absolute atomic E-state index is 11.0. The molecule has 0 spiro atoms. The van der Waals surface area contributed by atoms with Crippen LogP contribution in [-0.4, -0.2) is 28.6 Å². The average Bonchev–Trinajstić information content (AvgIpc) is 2.67. The van der Waals surface area contributed by atoms with Crippen molar-refractivity contribution in [3.05, 3.63) is 22.2 Å². The molecule has 1 N–H and O–H groups in total. The number of carboxylic acids is 1. The minimum atomic E-state index is -1.05. The molecule has 1 rings (SSSR count). The van der Waals surface area contributed by atoms with Gasteiger partial charge in [0.15, 0.2) is 0 Å². The molecule has 0 aromatic carbocycles. The summed E-state index contributed by atoms with van der Waals surface area (Å²) in [5, 5.41) is 10.3. The van der Waals surface area contributed by atoms with E-state index in [2.05, 4.69) is 4.98 Å². The summed E-state index contributed by atoms with van der Waals surface area (Å²) in [6, 6.07) is 0. The van der Waals surface area contributed by atoms with Gasteiger partial charge in [0, 0.05) is 5.38 Å². The van der Waals surface area contributed by atoms with Gasteiger partial charge >= 0.3 is 11.9 Å². The highest BCUT2D eigenvalue weighted by Gasteiger charge is 2.06. The number of aromatic carboxylic acids is 1. The molecule has 0 saturated carbocycles. The molecule has 0 radical (unpaired) electrons. The summed E-state index contributed by atoms with van der Waals surface area (Å²) in [6.45, 7) is 2.09. The van der Waals surface area contributed by atoms with Crippen molar-refractivity contribution in [3.8, 4) is 0 Å². The largest absolute Gasteiger partial charge is 0.476 e. The van der Waals surface area contributed by atoms with E-state index in [0.29, 0.717) is 12.3 Å². The van der Waals surface area contributed by atoms with Crippen LogP contribution in [0.2, 0.25) is 0 Å². The van der Waals surface area contributed by atoms with Crippen LogP contribution >= 0.6 is 11.3 Å². The Morgan fingerprint density at radius 2 is 2.38 bits per heavy atom. The smallest absolute Gasteiger partial charge is 0.365 e. The Bertz CT molecular complexity index is 411. The van der Waals surface area contributed by atoms with Crippen LogP contribution in [0.3, 0.4) is 0 Å². The lowest BCUT2D eigenvalue weighted by Crippen LogP contribution is -2.01. The van der Waals surface area contributed by atoms with Crippen LogP contribution in [0, 0.1) is 0 Å². The second-order valence-electron chi connectivity index (χ2n) is 2.79. The number of ether oxygens (including phenoxy) is 1. The molecule has 1 aromatic heterocycles. The van der Waals surface area contributed by atoms with Crippen LogP contribution in [0.25, 0.3) is 6.08 Å². The lowest BCUT2D eigenvalue weighted by Gasteiger charge is -1.95. The van der Waals surface area contributed by atoms with E-state index in [1.807, 2.05) is 0 Å². The van der Waals surface area contributed by atoms with Gasteiger partial charge in [-0.3, -0.25) is 4.79 Å². The van der Waals surface area contributed by atoms with E-state index in [9.17, 15) is 9.59 Å². The zero-order valence-electron chi connectivity index (χ0n) is 8.67. The molecule has 6 heteroatoms. The Labute approximate surface area is 96.4 Å². The molecule has 0 atom stereocenters. The predicted octanol–water partition coefficient (Wildman–Crippen LogP) is 1.81. The molecule has 0 aliphatic heterocycles. The molecule has 0 saturated heterocycles. The highest BCUT2D eigenvalue weighted by molar-refractivity contribution is 7.11. The minimum absolute atomic E-state index is 0.0378. The number of rotatable bonds is 5. The Morgan fingerprint density at radius 1 is 1.62 bits per heavy atom. The maximum Gasteiger partial charge on any atom is 0.365 e. The number of aromatic nitrogens is 1. The Morgan fingerprint density at radius 3 is 2.94 bits per heavy atom. The number of nitrogens with zero attached hydrogens (tertiary/aromatic N) is 1. The van der Waals surface area contributed by atoms with Gasteiger partial charge in [0.1, 0.15) is 0 Å². The van der Waals surface area contributed by atoms with Crippen LogP contribution < -0.4 is 0 Å². The molecule has 0 aliphatic carbocycles. The molecule has 0 aliphatic rings. The SMILES string of the molecule is CCOC(=O)CC=Cc1csc(C(=O)O)n1. The Balaban J connectivity index is 2.50. The van der Waals surface area contributed by atoms with Crippen molar-refractivity contribution >= 4 is 29.4 Å². The fraction of sp³-hybridized carbons (Fsp3) is 0.300. The lowest BCUT2D eigenvalue weighted by molar-refractivity contribution is -0.142. The number of thiazole rings is 1. The Kier molecular flexibility index (Phi) is 4.65. The van der Waals surface area contributed by atoms with Crippen LogP contribution in [-0.2, 0) is 9.53 Å². The molecule has 0 bridgehead atoms. The third-order valence-electron chi connectivity index (χ3n) is 1.58. The topological polar surface area (TPSA) is 76.5 Å². The molecule has 0 fully saturated rings. The summed E-state index contributed by atoms with van der Waals surface area (Å²) in [5.74, 6) is -1.36. The third kappa shape index (κ3) is 3.82. The standard InChI is InChI=1S/C10H11NO4S/c1-2-15-8(12)5-3-4-7-6-16-9(11-7)10(13)14/h3-4,6H,2,5H2,1H3,(H,13,14). The number of carbonyl (C=O) groups excluding carboxylic acids is 1. The zero-order valence-corrected chi connectivity index (χ0v) is 9.49. The molecule has 0 unspecified atom stereocenters. The normalized spacial score (nSPS) is 10.6. The van der Waals surface area contributed by atoms with Crippen molar-refractivity contribution in [2.24, 2.45) is 0 Å². The Hall–Kier alpha value is -1.69. The lowest BCUT2D eigenvalue weighted by atomic mass is 10.3. The summed E-state index contributed by atoms with van der Waals surface area (Å²) in [7, 11) is 0. The highest BCUT2D eigenvalue weighted by atomic mass is 32.1. The van der Waals surface area contributed by atoms with E-state index in [1.165, 1.54) is 0 Å². The highest BCUT2D eigenvalue weighted by Crippen LogP contribution is 2.11. The monoisotopic (exact) mass is 241 g/mol. The summed E-state index contributed by atoms with van der Waals surface area (Å²) >= 11 is 1.05. The number of esters is 1. The van der Waals surface area contributed by atoms with Crippen molar-refractivity contribution in [2.45, 2.75) is 13.3 Å². The second kappa shape index (κ2) is 6.02. The zero-order chi connectivity index (χ0) is 12.0. The van der Waals surface area contributed by atoms with E-state index in [4.69, 9.17) is 9.84 Å². The first-order valence-corrected chi connectivity index (χ1v) is 5.52. The molecule has 16 heavy (non-hydrogen) atoms. The van der Waals surface area contributed by atoms with Gasteiger partial charge in [-0.05, 0) is 13.0 Å². The first kappa shape index (κ1) is 12.4. The number of carboxylic acid groups (broad SMARTS) is 1. The van der Waals surface area contributed by atoms with Gasteiger partial charge in [0.05, 0.1) is 18.7 Å². The molecule has 86 valence electrons. The van der Waals surface area contributed by atoms with Crippen molar-refractivity contribution in [3.63, 3.8) is 0 Å². The fourth-order valence-corrected chi connectivity index (χ4v) is 1.58. The molecular weight excluding hydrogens is 230 g/mol. The van der Waals surface area contributed by atoms with Crippen molar-refractivity contribution in [1.82, 2.24) is 4.98 Å². The van der Waals surface area contributed by atoms with Gasteiger partial charge in [-0.1, -0.05) is 6.08 Å². The number of hydrogen-bond acceptors (Lipinski definition) is 5. The molecule has 0 amide bonds. The van der Waals surface area contributed by atoms with E-state index in [-0.39, 0.29) is 17.4 Å². The van der Waals surface area contributed by atoms with Crippen molar-refractivity contribution in [2.75, 3.05) is 6.61 Å². The minimum Gasteiger partial charge on any atom is -0.476 e. The van der Waals surface area contributed by atoms with Crippen LogP contribution in [0.15, 0.2) is 11.5 Å². The van der Waals surface area contributed by atoms with Crippen LogP contribution in [0.1, 0.15) is 28.8 Å². The summed E-state index contributed by atoms with van der Waals surface area (Å²) in [6.07, 6.45) is 3.35. The van der Waals surface area contributed by atoms with E-state index in [0.717, 1.165) is 11.3 Å². The van der Waals surface area contributed by atoms with Gasteiger partial charge in [0.2, 0.25) is 5.01 Å². The van der Waals surface area contributed by atoms with Gasteiger partial charge in [-0.15, -0.1) is 11.3 Å². The molecule has 1 heterocycles. The van der Waals surface area contributed by atoms with Gasteiger partial charge in [-0.25, -0.2) is 9.78 Å². The summed E-state index contributed by atoms with van der Waals surface area (Å²) in [5.41, 5.74) is 0.534. The quantitative estimate of drug-likeness (QED) is 0.795. The maximum atomic E-state index is 11.0. The van der Waals surface area contributed by atoms with Gasteiger partial charge in [0.25, 0.3) is 0 Å². The summed E-state index contributed by atoms with van der Waals surface area (Å²) in [4.78, 5) is 25.3. The molecule has 1 aromatic rings. The van der Waals surface area contributed by atoms with E-state index in [1.54, 1.807) is 24.5 Å². The molecular formula is C10H11NO4S. The third-order valence-corrected chi connectivity index (χ3v) is 2.43. The van der Waals surface area contributed by atoms with E-state index >= 15 is 0 Å². The first-order chi connectivity index (χ1) is 7.63. The van der Waals surface area contributed by atoms with Crippen LogP contribution in [0.4, 0.5) is 0 Å².